The lowest BCUT2D eigenvalue weighted by molar-refractivity contribution is -0.120. The summed E-state index contributed by atoms with van der Waals surface area (Å²) in [5.74, 6) is 0.799. The number of halogens is 1. The summed E-state index contributed by atoms with van der Waals surface area (Å²) in [5, 5.41) is 16.9. The molecule has 1 saturated carbocycles. The fourth-order valence-corrected chi connectivity index (χ4v) is 3.89. The smallest absolute Gasteiger partial charge is 0.236 e. The number of benzene rings is 1. The van der Waals surface area contributed by atoms with Crippen molar-refractivity contribution in [3.63, 3.8) is 0 Å². The average molecular weight is 362 g/mol. The van der Waals surface area contributed by atoms with Gasteiger partial charge in [0.2, 0.25) is 16.0 Å². The molecule has 1 aliphatic carbocycles. The Bertz CT molecular complexity index is 866. The highest BCUT2D eigenvalue weighted by atomic mass is 35.5. The number of anilines is 1. The van der Waals surface area contributed by atoms with Crippen LogP contribution in [-0.4, -0.2) is 25.7 Å². The van der Waals surface area contributed by atoms with E-state index in [0.29, 0.717) is 20.9 Å². The molecule has 24 heavy (non-hydrogen) atoms. The molecule has 0 aliphatic heterocycles. The average Bonchev–Trinajstić information content (AvgIpc) is 3.16. The number of nitrogens with zero attached hydrogens (tertiary/aromatic N) is 4. The third-order valence-corrected chi connectivity index (χ3v) is 5.37. The maximum absolute atomic E-state index is 12.4. The van der Waals surface area contributed by atoms with Crippen LogP contribution in [0, 0.1) is 5.92 Å². The van der Waals surface area contributed by atoms with Crippen molar-refractivity contribution in [1.82, 2.24) is 19.8 Å². The van der Waals surface area contributed by atoms with E-state index in [1.54, 1.807) is 16.6 Å². The highest BCUT2D eigenvalue weighted by Crippen LogP contribution is 2.28. The lowest BCUT2D eigenvalue weighted by atomic mass is 9.89. The number of hydrogen-bond acceptors (Lipinski definition) is 5. The van der Waals surface area contributed by atoms with Crippen LogP contribution in [0.15, 0.2) is 24.3 Å². The number of nitrogens with one attached hydrogen (secondary N) is 1. The zero-order valence-corrected chi connectivity index (χ0v) is 14.5. The number of fused-ring (bicyclic) bond motifs is 1. The van der Waals surface area contributed by atoms with Crippen molar-refractivity contribution in [2.45, 2.75) is 32.1 Å². The molecule has 8 heteroatoms. The van der Waals surface area contributed by atoms with Gasteiger partial charge < -0.3 is 5.32 Å². The van der Waals surface area contributed by atoms with Gasteiger partial charge >= 0.3 is 0 Å². The summed E-state index contributed by atoms with van der Waals surface area (Å²) < 4.78 is 1.66. The van der Waals surface area contributed by atoms with Gasteiger partial charge in [0.15, 0.2) is 5.82 Å². The van der Waals surface area contributed by atoms with Gasteiger partial charge in [0, 0.05) is 16.5 Å². The summed E-state index contributed by atoms with van der Waals surface area (Å²) >= 11 is 7.25. The lowest BCUT2D eigenvalue weighted by Crippen LogP contribution is -2.24. The van der Waals surface area contributed by atoms with Gasteiger partial charge in [-0.2, -0.15) is 4.52 Å². The number of amides is 1. The Kier molecular flexibility index (Phi) is 4.20. The first-order valence-corrected chi connectivity index (χ1v) is 9.19. The van der Waals surface area contributed by atoms with Gasteiger partial charge in [-0.3, -0.25) is 4.79 Å². The van der Waals surface area contributed by atoms with Crippen molar-refractivity contribution in [2.75, 3.05) is 5.32 Å². The van der Waals surface area contributed by atoms with E-state index in [2.05, 4.69) is 20.6 Å². The fourth-order valence-electron chi connectivity index (χ4n) is 3.02. The van der Waals surface area contributed by atoms with E-state index in [1.807, 2.05) is 12.1 Å². The second-order valence-electron chi connectivity index (χ2n) is 5.96. The lowest BCUT2D eigenvalue weighted by Gasteiger charge is -2.19. The number of carbonyl (C=O) groups excluding carboxylic acids is 1. The SMILES string of the molecule is O=C(Nc1nn2c(-c3ccc(Cl)cc3)nnc2s1)C1CCCCC1. The summed E-state index contributed by atoms with van der Waals surface area (Å²) in [6, 6.07) is 7.35. The second-order valence-corrected chi connectivity index (χ2v) is 7.35. The predicted molar refractivity (Wildman–Crippen MR) is 94.3 cm³/mol. The van der Waals surface area contributed by atoms with E-state index in [-0.39, 0.29) is 11.8 Å². The minimum absolute atomic E-state index is 0.0627. The first-order chi connectivity index (χ1) is 11.7. The summed E-state index contributed by atoms with van der Waals surface area (Å²) in [6.07, 6.45) is 5.41. The molecule has 0 unspecified atom stereocenters. The van der Waals surface area contributed by atoms with Gasteiger partial charge in [-0.05, 0) is 37.1 Å². The zero-order valence-electron chi connectivity index (χ0n) is 12.9. The van der Waals surface area contributed by atoms with Crippen LogP contribution in [-0.2, 0) is 4.79 Å². The van der Waals surface area contributed by atoms with Gasteiger partial charge in [-0.25, -0.2) is 0 Å². The van der Waals surface area contributed by atoms with Crippen LogP contribution in [0.25, 0.3) is 16.3 Å². The highest BCUT2D eigenvalue weighted by molar-refractivity contribution is 7.20. The molecule has 0 spiro atoms. The molecule has 0 bridgehead atoms. The molecule has 0 saturated heterocycles. The molecule has 0 radical (unpaired) electrons. The molecule has 124 valence electrons. The molecule has 0 atom stereocenters. The van der Waals surface area contributed by atoms with Crippen LogP contribution >= 0.6 is 22.9 Å². The van der Waals surface area contributed by atoms with Crippen LogP contribution in [0.5, 0.6) is 0 Å². The molecule has 4 rings (SSSR count). The van der Waals surface area contributed by atoms with Crippen molar-refractivity contribution in [1.29, 1.82) is 0 Å². The Balaban J connectivity index is 1.57. The van der Waals surface area contributed by atoms with Gasteiger partial charge in [-0.1, -0.05) is 42.2 Å². The Morgan fingerprint density at radius 2 is 1.92 bits per heavy atom. The van der Waals surface area contributed by atoms with Gasteiger partial charge in [0.1, 0.15) is 0 Å². The molecule has 2 heterocycles. The predicted octanol–water partition coefficient (Wildman–Crippen LogP) is 4.03. The van der Waals surface area contributed by atoms with Crippen LogP contribution < -0.4 is 5.32 Å². The molecule has 3 aromatic rings. The maximum atomic E-state index is 12.4. The molecule has 1 aromatic carbocycles. The van der Waals surface area contributed by atoms with Crippen molar-refractivity contribution in [2.24, 2.45) is 5.92 Å². The van der Waals surface area contributed by atoms with E-state index < -0.39 is 0 Å². The molecule has 1 N–H and O–H groups in total. The molecular formula is C16H16ClN5OS. The zero-order chi connectivity index (χ0) is 16.5. The standard InChI is InChI=1S/C16H16ClN5OS/c17-12-8-6-10(7-9-12)13-19-20-16-22(13)21-15(24-16)18-14(23)11-4-2-1-3-5-11/h6-9,11H,1-5H2,(H,18,21,23). The summed E-state index contributed by atoms with van der Waals surface area (Å²) in [7, 11) is 0. The third-order valence-electron chi connectivity index (χ3n) is 4.30. The normalized spacial score (nSPS) is 15.7. The first-order valence-electron chi connectivity index (χ1n) is 8.00. The summed E-state index contributed by atoms with van der Waals surface area (Å²) in [6.45, 7) is 0. The van der Waals surface area contributed by atoms with Crippen LogP contribution in [0.2, 0.25) is 5.02 Å². The number of rotatable bonds is 3. The van der Waals surface area contributed by atoms with E-state index in [1.165, 1.54) is 17.8 Å². The van der Waals surface area contributed by atoms with Gasteiger partial charge in [0.25, 0.3) is 0 Å². The molecule has 2 aromatic heterocycles. The molecule has 1 aliphatic rings. The van der Waals surface area contributed by atoms with Gasteiger partial charge in [-0.15, -0.1) is 15.3 Å². The molecule has 1 amide bonds. The second kappa shape index (κ2) is 6.49. The number of aromatic nitrogens is 4. The maximum Gasteiger partial charge on any atom is 0.236 e. The number of carbonyl (C=O) groups is 1. The van der Waals surface area contributed by atoms with E-state index in [0.717, 1.165) is 31.2 Å². The van der Waals surface area contributed by atoms with E-state index in [9.17, 15) is 4.79 Å². The van der Waals surface area contributed by atoms with Crippen molar-refractivity contribution in [3.8, 4) is 11.4 Å². The molecule has 6 nitrogen and oxygen atoms in total. The van der Waals surface area contributed by atoms with Crippen LogP contribution in [0.3, 0.4) is 0 Å². The quantitative estimate of drug-likeness (QED) is 0.764. The monoisotopic (exact) mass is 361 g/mol. The topological polar surface area (TPSA) is 72.2 Å². The largest absolute Gasteiger partial charge is 0.300 e. The van der Waals surface area contributed by atoms with Crippen LogP contribution in [0.1, 0.15) is 32.1 Å². The number of hydrogen-bond donors (Lipinski definition) is 1. The van der Waals surface area contributed by atoms with Crippen molar-refractivity contribution >= 4 is 38.9 Å². The Morgan fingerprint density at radius 1 is 1.17 bits per heavy atom. The summed E-state index contributed by atoms with van der Waals surface area (Å²) in [5.41, 5.74) is 0.877. The van der Waals surface area contributed by atoms with Crippen molar-refractivity contribution in [3.05, 3.63) is 29.3 Å². The summed E-state index contributed by atoms with van der Waals surface area (Å²) in [4.78, 5) is 13.0. The minimum Gasteiger partial charge on any atom is -0.300 e. The fraction of sp³-hybridized carbons (Fsp3) is 0.375. The molecular weight excluding hydrogens is 346 g/mol. The van der Waals surface area contributed by atoms with Crippen LogP contribution in [0.4, 0.5) is 5.13 Å². The Hall–Kier alpha value is -1.99. The first kappa shape index (κ1) is 15.5. The third kappa shape index (κ3) is 3.01. The Morgan fingerprint density at radius 3 is 2.67 bits per heavy atom. The Labute approximate surface area is 147 Å². The minimum atomic E-state index is 0.0627. The molecule has 1 fully saturated rings. The van der Waals surface area contributed by atoms with Gasteiger partial charge in [0.05, 0.1) is 0 Å². The van der Waals surface area contributed by atoms with E-state index >= 15 is 0 Å². The van der Waals surface area contributed by atoms with E-state index in [4.69, 9.17) is 11.6 Å². The van der Waals surface area contributed by atoms with Crippen molar-refractivity contribution < 1.29 is 4.79 Å². The highest BCUT2D eigenvalue weighted by Gasteiger charge is 2.22.